The minimum Gasteiger partial charge on any atom is -0.496 e. The van der Waals surface area contributed by atoms with Gasteiger partial charge in [-0.15, -0.1) is 10.2 Å². The van der Waals surface area contributed by atoms with Gasteiger partial charge < -0.3 is 15.4 Å². The van der Waals surface area contributed by atoms with Crippen molar-refractivity contribution >= 4 is 28.4 Å². The zero-order chi connectivity index (χ0) is 21.0. The van der Waals surface area contributed by atoms with Gasteiger partial charge in [0.05, 0.1) is 18.1 Å². The zero-order valence-electron chi connectivity index (χ0n) is 17.9. The maximum absolute atomic E-state index is 11.7. The van der Waals surface area contributed by atoms with E-state index < -0.39 is 0 Å². The first-order valence-electron chi connectivity index (χ1n) is 10.1. The van der Waals surface area contributed by atoms with Gasteiger partial charge in [-0.2, -0.15) is 0 Å². The van der Waals surface area contributed by atoms with Crippen molar-refractivity contribution in [2.24, 2.45) is 5.92 Å². The fraction of sp³-hybridized carbons (Fsp3) is 0.524. The van der Waals surface area contributed by atoms with E-state index in [1.165, 1.54) is 0 Å². The molecular formula is C21H30N6O2. The Bertz CT molecular complexity index is 1010. The largest absolute Gasteiger partial charge is 0.496 e. The smallest absolute Gasteiger partial charge is 0.220 e. The van der Waals surface area contributed by atoms with Crippen LogP contribution in [0.3, 0.4) is 0 Å². The highest BCUT2D eigenvalue weighted by molar-refractivity contribution is 5.85. The number of fused-ring (bicyclic) bond motifs is 3. The normalized spacial score (nSPS) is 11.4. The van der Waals surface area contributed by atoms with Crippen LogP contribution in [0.1, 0.15) is 44.5 Å². The van der Waals surface area contributed by atoms with Gasteiger partial charge in [0.2, 0.25) is 11.6 Å². The number of hydrogen-bond acceptors (Lipinski definition) is 6. The first kappa shape index (κ1) is 20.8. The van der Waals surface area contributed by atoms with Crippen LogP contribution in [0.15, 0.2) is 12.1 Å². The number of hydrogen-bond donors (Lipinski definition) is 2. The molecule has 2 heterocycles. The second-order valence-corrected chi connectivity index (χ2v) is 7.76. The Hall–Kier alpha value is -2.90. The molecule has 0 spiro atoms. The summed E-state index contributed by atoms with van der Waals surface area (Å²) in [6.45, 7) is 9.46. The summed E-state index contributed by atoms with van der Waals surface area (Å²) in [4.78, 5) is 16.5. The minimum atomic E-state index is 0.121. The maximum Gasteiger partial charge on any atom is 0.220 e. The summed E-state index contributed by atoms with van der Waals surface area (Å²) in [5.74, 6) is 2.83. The van der Waals surface area contributed by atoms with Crippen LogP contribution < -0.4 is 15.4 Å². The summed E-state index contributed by atoms with van der Waals surface area (Å²) in [7, 11) is 1.67. The molecule has 0 aliphatic rings. The molecule has 3 aromatic rings. The highest BCUT2D eigenvalue weighted by atomic mass is 16.5. The number of anilines is 1. The molecule has 8 nitrogen and oxygen atoms in total. The molecule has 1 amide bonds. The number of carbonyl (C=O) groups is 1. The number of amides is 1. The Morgan fingerprint density at radius 3 is 2.66 bits per heavy atom. The molecule has 0 saturated carbocycles. The van der Waals surface area contributed by atoms with Gasteiger partial charge in [-0.25, -0.2) is 4.98 Å². The summed E-state index contributed by atoms with van der Waals surface area (Å²) < 4.78 is 7.46. The standard InChI is InChI=1S/C21H30N6O2/c1-13(2)10-19(28)22-8-6-7-9-23-20-21-26-25-15(4)27(21)17-12-18(29-5)14(3)11-16(17)24-20/h11-13H,6-10H2,1-5H3,(H,22,28)(H,23,24). The van der Waals surface area contributed by atoms with E-state index in [2.05, 4.69) is 20.8 Å². The van der Waals surface area contributed by atoms with Gasteiger partial charge in [-0.1, -0.05) is 13.8 Å². The molecule has 1 aromatic carbocycles. The van der Waals surface area contributed by atoms with Crippen molar-refractivity contribution in [3.63, 3.8) is 0 Å². The predicted octanol–water partition coefficient (Wildman–Crippen LogP) is 3.26. The molecule has 156 valence electrons. The van der Waals surface area contributed by atoms with Crippen LogP contribution in [0.25, 0.3) is 16.7 Å². The number of benzene rings is 1. The zero-order valence-corrected chi connectivity index (χ0v) is 17.9. The number of aryl methyl sites for hydroxylation is 2. The van der Waals surface area contributed by atoms with Gasteiger partial charge in [0.25, 0.3) is 0 Å². The molecule has 0 fully saturated rings. The van der Waals surface area contributed by atoms with Crippen molar-refractivity contribution in [1.29, 1.82) is 0 Å². The second kappa shape index (κ2) is 9.07. The van der Waals surface area contributed by atoms with Crippen LogP contribution in [0.2, 0.25) is 0 Å². The number of methoxy groups -OCH3 is 1. The summed E-state index contributed by atoms with van der Waals surface area (Å²) in [6, 6.07) is 3.99. The minimum absolute atomic E-state index is 0.121. The average Bonchev–Trinajstić information content (AvgIpc) is 3.05. The van der Waals surface area contributed by atoms with Crippen molar-refractivity contribution in [3.05, 3.63) is 23.5 Å². The molecule has 0 unspecified atom stereocenters. The van der Waals surface area contributed by atoms with E-state index in [1.807, 2.05) is 44.2 Å². The number of nitrogens with zero attached hydrogens (tertiary/aromatic N) is 4. The van der Waals surface area contributed by atoms with E-state index in [1.54, 1.807) is 7.11 Å². The van der Waals surface area contributed by atoms with Gasteiger partial charge in [-0.3, -0.25) is 9.20 Å². The summed E-state index contributed by atoms with van der Waals surface area (Å²) >= 11 is 0. The molecule has 0 saturated heterocycles. The molecule has 0 aliphatic carbocycles. The quantitative estimate of drug-likeness (QED) is 0.538. The lowest BCUT2D eigenvalue weighted by Crippen LogP contribution is -2.25. The van der Waals surface area contributed by atoms with Crippen molar-refractivity contribution < 1.29 is 9.53 Å². The molecule has 0 bridgehead atoms. The number of rotatable bonds is 9. The number of nitrogens with one attached hydrogen (secondary N) is 2. The molecule has 0 radical (unpaired) electrons. The highest BCUT2D eigenvalue weighted by Crippen LogP contribution is 2.28. The summed E-state index contributed by atoms with van der Waals surface area (Å²) in [5, 5.41) is 14.9. The number of unbranched alkanes of at least 4 members (excludes halogenated alkanes) is 1. The lowest BCUT2D eigenvalue weighted by molar-refractivity contribution is -0.121. The molecule has 0 aliphatic heterocycles. The van der Waals surface area contributed by atoms with Gasteiger partial charge >= 0.3 is 0 Å². The van der Waals surface area contributed by atoms with Crippen LogP contribution in [-0.2, 0) is 4.79 Å². The fourth-order valence-corrected chi connectivity index (χ4v) is 3.37. The first-order chi connectivity index (χ1) is 13.9. The van der Waals surface area contributed by atoms with E-state index in [9.17, 15) is 4.79 Å². The highest BCUT2D eigenvalue weighted by Gasteiger charge is 2.14. The molecule has 8 heteroatoms. The Morgan fingerprint density at radius 2 is 1.93 bits per heavy atom. The number of carbonyl (C=O) groups excluding carboxylic acids is 1. The molecule has 0 atom stereocenters. The van der Waals surface area contributed by atoms with Crippen LogP contribution >= 0.6 is 0 Å². The average molecular weight is 399 g/mol. The molecule has 2 aromatic heterocycles. The Morgan fingerprint density at radius 1 is 1.17 bits per heavy atom. The van der Waals surface area contributed by atoms with E-state index in [4.69, 9.17) is 9.72 Å². The summed E-state index contributed by atoms with van der Waals surface area (Å²) in [5.41, 5.74) is 3.51. The van der Waals surface area contributed by atoms with Crippen molar-refractivity contribution in [3.8, 4) is 5.75 Å². The fourth-order valence-electron chi connectivity index (χ4n) is 3.37. The third-order valence-electron chi connectivity index (χ3n) is 4.81. The van der Waals surface area contributed by atoms with Gasteiger partial charge in [0.1, 0.15) is 11.6 Å². The van der Waals surface area contributed by atoms with E-state index >= 15 is 0 Å². The van der Waals surface area contributed by atoms with E-state index in [-0.39, 0.29) is 5.91 Å². The third kappa shape index (κ3) is 4.75. The summed E-state index contributed by atoms with van der Waals surface area (Å²) in [6.07, 6.45) is 2.40. The molecule has 29 heavy (non-hydrogen) atoms. The lowest BCUT2D eigenvalue weighted by Gasteiger charge is -2.12. The van der Waals surface area contributed by atoms with Gasteiger partial charge in [-0.05, 0) is 44.2 Å². The van der Waals surface area contributed by atoms with Crippen LogP contribution in [-0.4, -0.2) is 45.7 Å². The van der Waals surface area contributed by atoms with Crippen molar-refractivity contribution in [2.45, 2.75) is 47.0 Å². The Labute approximate surface area is 171 Å². The maximum atomic E-state index is 11.7. The third-order valence-corrected chi connectivity index (χ3v) is 4.81. The molecule has 2 N–H and O–H groups in total. The van der Waals surface area contributed by atoms with Gasteiger partial charge in [0, 0.05) is 25.6 Å². The number of aromatic nitrogens is 4. The first-order valence-corrected chi connectivity index (χ1v) is 10.1. The monoisotopic (exact) mass is 398 g/mol. The topological polar surface area (TPSA) is 93.4 Å². The molecule has 3 rings (SSSR count). The lowest BCUT2D eigenvalue weighted by atomic mass is 10.1. The van der Waals surface area contributed by atoms with Crippen LogP contribution in [0.5, 0.6) is 5.75 Å². The second-order valence-electron chi connectivity index (χ2n) is 7.76. The predicted molar refractivity (Wildman–Crippen MR) is 115 cm³/mol. The van der Waals surface area contributed by atoms with Crippen molar-refractivity contribution in [2.75, 3.05) is 25.5 Å². The Kier molecular flexibility index (Phi) is 6.51. The van der Waals surface area contributed by atoms with Crippen LogP contribution in [0.4, 0.5) is 5.82 Å². The molecular weight excluding hydrogens is 368 g/mol. The van der Waals surface area contributed by atoms with E-state index in [0.717, 1.165) is 47.6 Å². The van der Waals surface area contributed by atoms with Gasteiger partial charge in [0.15, 0.2) is 5.82 Å². The Balaban J connectivity index is 1.69. The number of ether oxygens (including phenoxy) is 1. The van der Waals surface area contributed by atoms with Crippen molar-refractivity contribution in [1.82, 2.24) is 24.9 Å². The van der Waals surface area contributed by atoms with Crippen LogP contribution in [0, 0.1) is 19.8 Å². The van der Waals surface area contributed by atoms with E-state index in [0.29, 0.717) is 30.3 Å². The SMILES string of the molecule is COc1cc2c(cc1C)nc(NCCCCNC(=O)CC(C)C)c1nnc(C)n12.